The highest BCUT2D eigenvalue weighted by atomic mass is 19.1. The summed E-state index contributed by atoms with van der Waals surface area (Å²) < 4.78 is 26.5. The second kappa shape index (κ2) is 6.80. The minimum absolute atomic E-state index is 0.0379. The minimum atomic E-state index is -0.813. The SMILES string of the molecule is O=C(CN1C(=O)c2cccc(F)c2C1=O)NCCc1ccc(F)cc1. The Bertz CT molecular complexity index is 850. The lowest BCUT2D eigenvalue weighted by Gasteiger charge is -2.13. The number of nitrogens with zero attached hydrogens (tertiary/aromatic N) is 1. The Kier molecular flexibility index (Phi) is 4.56. The summed E-state index contributed by atoms with van der Waals surface area (Å²) >= 11 is 0. The largest absolute Gasteiger partial charge is 0.354 e. The number of imide groups is 1. The number of carbonyl (C=O) groups excluding carboxylic acids is 3. The molecule has 3 amide bonds. The van der Waals surface area contributed by atoms with Crippen molar-refractivity contribution in [3.8, 4) is 0 Å². The van der Waals surface area contributed by atoms with E-state index < -0.39 is 30.1 Å². The van der Waals surface area contributed by atoms with E-state index in [0.29, 0.717) is 6.42 Å². The van der Waals surface area contributed by atoms with Crippen molar-refractivity contribution in [2.24, 2.45) is 0 Å². The number of hydrogen-bond acceptors (Lipinski definition) is 3. The molecule has 7 heteroatoms. The molecule has 0 fully saturated rings. The van der Waals surface area contributed by atoms with Crippen LogP contribution in [0.15, 0.2) is 42.5 Å². The van der Waals surface area contributed by atoms with E-state index in [4.69, 9.17) is 0 Å². The van der Waals surface area contributed by atoms with Gasteiger partial charge in [-0.2, -0.15) is 0 Å². The van der Waals surface area contributed by atoms with Crippen molar-refractivity contribution in [2.75, 3.05) is 13.1 Å². The first kappa shape index (κ1) is 16.8. The van der Waals surface area contributed by atoms with Gasteiger partial charge in [0.25, 0.3) is 11.8 Å². The van der Waals surface area contributed by atoms with E-state index >= 15 is 0 Å². The van der Waals surface area contributed by atoms with Crippen molar-refractivity contribution in [1.29, 1.82) is 0 Å². The predicted molar refractivity (Wildman–Crippen MR) is 84.9 cm³/mol. The van der Waals surface area contributed by atoms with Crippen LogP contribution in [0.4, 0.5) is 8.78 Å². The van der Waals surface area contributed by atoms with Crippen LogP contribution in [-0.2, 0) is 11.2 Å². The third-order valence-corrected chi connectivity index (χ3v) is 3.90. The normalized spacial score (nSPS) is 13.1. The van der Waals surface area contributed by atoms with Gasteiger partial charge in [0, 0.05) is 6.54 Å². The number of benzene rings is 2. The van der Waals surface area contributed by atoms with Crippen molar-refractivity contribution in [1.82, 2.24) is 10.2 Å². The van der Waals surface area contributed by atoms with Crippen LogP contribution in [0.5, 0.6) is 0 Å². The van der Waals surface area contributed by atoms with Crippen LogP contribution in [0.1, 0.15) is 26.3 Å². The molecule has 0 spiro atoms. The van der Waals surface area contributed by atoms with Gasteiger partial charge in [-0.25, -0.2) is 8.78 Å². The summed E-state index contributed by atoms with van der Waals surface area (Å²) in [5, 5.41) is 2.58. The molecule has 5 nitrogen and oxygen atoms in total. The lowest BCUT2D eigenvalue weighted by Crippen LogP contribution is -2.40. The van der Waals surface area contributed by atoms with E-state index in [9.17, 15) is 23.2 Å². The molecule has 0 bridgehead atoms. The Morgan fingerprint density at radius 2 is 1.72 bits per heavy atom. The molecule has 1 aliphatic heterocycles. The highest BCUT2D eigenvalue weighted by Gasteiger charge is 2.38. The summed E-state index contributed by atoms with van der Waals surface area (Å²) in [5.74, 6) is -3.15. The zero-order valence-electron chi connectivity index (χ0n) is 13.1. The van der Waals surface area contributed by atoms with Gasteiger partial charge in [-0.3, -0.25) is 19.3 Å². The van der Waals surface area contributed by atoms with Gasteiger partial charge in [0.15, 0.2) is 0 Å². The molecule has 0 saturated carbocycles. The molecule has 0 radical (unpaired) electrons. The molecular formula is C18H14F2N2O3. The third kappa shape index (κ3) is 3.40. The number of fused-ring (bicyclic) bond motifs is 1. The number of amides is 3. The van der Waals surface area contributed by atoms with E-state index in [2.05, 4.69) is 5.32 Å². The molecule has 25 heavy (non-hydrogen) atoms. The Morgan fingerprint density at radius 3 is 2.40 bits per heavy atom. The monoisotopic (exact) mass is 344 g/mol. The van der Waals surface area contributed by atoms with Crippen LogP contribution < -0.4 is 5.32 Å². The average Bonchev–Trinajstić information content (AvgIpc) is 2.83. The van der Waals surface area contributed by atoms with Crippen LogP contribution in [0.2, 0.25) is 0 Å². The number of halogens is 2. The molecule has 2 aromatic rings. The van der Waals surface area contributed by atoms with Crippen molar-refractivity contribution in [2.45, 2.75) is 6.42 Å². The van der Waals surface area contributed by atoms with Gasteiger partial charge in [-0.05, 0) is 36.2 Å². The molecule has 0 aliphatic carbocycles. The highest BCUT2D eigenvalue weighted by molar-refractivity contribution is 6.22. The van der Waals surface area contributed by atoms with Crippen molar-refractivity contribution in [3.63, 3.8) is 0 Å². The Morgan fingerprint density at radius 1 is 1.00 bits per heavy atom. The second-order valence-corrected chi connectivity index (χ2v) is 5.59. The zero-order valence-corrected chi connectivity index (χ0v) is 13.1. The standard InChI is InChI=1S/C18H14F2N2O3/c19-12-6-4-11(5-7-12)8-9-21-15(23)10-22-17(24)13-2-1-3-14(20)16(13)18(22)25/h1-7H,8-10H2,(H,21,23). The van der Waals surface area contributed by atoms with Crippen molar-refractivity contribution >= 4 is 17.7 Å². The van der Waals surface area contributed by atoms with Gasteiger partial charge < -0.3 is 5.32 Å². The van der Waals surface area contributed by atoms with E-state index in [1.807, 2.05) is 0 Å². The fourth-order valence-corrected chi connectivity index (χ4v) is 2.63. The average molecular weight is 344 g/mol. The molecule has 1 heterocycles. The van der Waals surface area contributed by atoms with Gasteiger partial charge in [0.05, 0.1) is 11.1 Å². The van der Waals surface area contributed by atoms with Gasteiger partial charge in [0.1, 0.15) is 18.2 Å². The number of rotatable bonds is 5. The first-order chi connectivity index (χ1) is 12.0. The maximum absolute atomic E-state index is 13.7. The van der Waals surface area contributed by atoms with Gasteiger partial charge in [-0.15, -0.1) is 0 Å². The van der Waals surface area contributed by atoms with E-state index in [-0.39, 0.29) is 23.5 Å². The summed E-state index contributed by atoms with van der Waals surface area (Å²) in [6.45, 7) is -0.211. The first-order valence-corrected chi connectivity index (χ1v) is 7.63. The zero-order chi connectivity index (χ0) is 18.0. The maximum atomic E-state index is 13.7. The summed E-state index contributed by atoms with van der Waals surface area (Å²) in [5.41, 5.74) is 0.500. The summed E-state index contributed by atoms with van der Waals surface area (Å²) in [6.07, 6.45) is 0.475. The van der Waals surface area contributed by atoms with Crippen LogP contribution in [0.3, 0.4) is 0 Å². The van der Waals surface area contributed by atoms with Gasteiger partial charge in [-0.1, -0.05) is 18.2 Å². The molecule has 0 saturated heterocycles. The third-order valence-electron chi connectivity index (χ3n) is 3.90. The van der Waals surface area contributed by atoms with Gasteiger partial charge in [0.2, 0.25) is 5.91 Å². The predicted octanol–water partition coefficient (Wildman–Crippen LogP) is 1.92. The summed E-state index contributed by atoms with van der Waals surface area (Å²) in [6, 6.07) is 9.64. The Balaban J connectivity index is 1.57. The summed E-state index contributed by atoms with van der Waals surface area (Å²) in [7, 11) is 0. The number of nitrogens with one attached hydrogen (secondary N) is 1. The number of hydrogen-bond donors (Lipinski definition) is 1. The van der Waals surface area contributed by atoms with E-state index in [1.165, 1.54) is 24.3 Å². The molecule has 3 rings (SSSR count). The van der Waals surface area contributed by atoms with Crippen molar-refractivity contribution in [3.05, 3.63) is 70.8 Å². The van der Waals surface area contributed by atoms with Gasteiger partial charge >= 0.3 is 0 Å². The minimum Gasteiger partial charge on any atom is -0.354 e. The molecule has 0 atom stereocenters. The molecule has 2 aromatic carbocycles. The lowest BCUT2D eigenvalue weighted by molar-refractivity contribution is -0.121. The number of carbonyl (C=O) groups is 3. The smallest absolute Gasteiger partial charge is 0.265 e. The fraction of sp³-hybridized carbons (Fsp3) is 0.167. The molecular weight excluding hydrogens is 330 g/mol. The molecule has 1 N–H and O–H groups in total. The second-order valence-electron chi connectivity index (χ2n) is 5.59. The maximum Gasteiger partial charge on any atom is 0.265 e. The van der Waals surface area contributed by atoms with Crippen LogP contribution in [0, 0.1) is 11.6 Å². The van der Waals surface area contributed by atoms with Crippen LogP contribution in [0.25, 0.3) is 0 Å². The quantitative estimate of drug-likeness (QED) is 0.843. The van der Waals surface area contributed by atoms with E-state index in [0.717, 1.165) is 16.5 Å². The van der Waals surface area contributed by atoms with Crippen LogP contribution in [-0.4, -0.2) is 35.7 Å². The lowest BCUT2D eigenvalue weighted by atomic mass is 10.1. The first-order valence-electron chi connectivity index (χ1n) is 7.63. The topological polar surface area (TPSA) is 66.5 Å². The van der Waals surface area contributed by atoms with Crippen LogP contribution >= 0.6 is 0 Å². The van der Waals surface area contributed by atoms with Crippen molar-refractivity contribution < 1.29 is 23.2 Å². The highest BCUT2D eigenvalue weighted by Crippen LogP contribution is 2.24. The Hall–Kier alpha value is -3.09. The molecule has 0 unspecified atom stereocenters. The Labute approximate surface area is 142 Å². The summed E-state index contributed by atoms with van der Waals surface area (Å²) in [4.78, 5) is 37.0. The molecule has 128 valence electrons. The molecule has 1 aliphatic rings. The molecule has 0 aromatic heterocycles. The fourth-order valence-electron chi connectivity index (χ4n) is 2.63. The van der Waals surface area contributed by atoms with E-state index in [1.54, 1.807) is 12.1 Å².